The summed E-state index contributed by atoms with van der Waals surface area (Å²) in [4.78, 5) is 24.0. The van der Waals surface area contributed by atoms with E-state index in [1.54, 1.807) is 30.3 Å². The Kier molecular flexibility index (Phi) is 6.89. The summed E-state index contributed by atoms with van der Waals surface area (Å²) < 4.78 is 10.2. The first kappa shape index (κ1) is 19.6. The lowest BCUT2D eigenvalue weighted by Crippen LogP contribution is -2.40. The van der Waals surface area contributed by atoms with Gasteiger partial charge in [-0.05, 0) is 36.4 Å². The van der Waals surface area contributed by atoms with Gasteiger partial charge in [0.2, 0.25) is 0 Å². The number of methoxy groups -OCH3 is 2. The number of hydrogen-bond acceptors (Lipinski definition) is 4. The Morgan fingerprint density at radius 3 is 2.23 bits per heavy atom. The fourth-order valence-electron chi connectivity index (χ4n) is 2.04. The first-order valence-corrected chi connectivity index (χ1v) is 8.16. The molecule has 0 bridgehead atoms. The molecule has 136 valence electrons. The smallest absolute Gasteiger partial charge is 0.269 e. The molecular weight excluding hydrogens is 379 g/mol. The van der Waals surface area contributed by atoms with E-state index >= 15 is 0 Å². The predicted molar refractivity (Wildman–Crippen MR) is 101 cm³/mol. The van der Waals surface area contributed by atoms with Crippen molar-refractivity contribution in [2.75, 3.05) is 14.2 Å². The van der Waals surface area contributed by atoms with E-state index in [-0.39, 0.29) is 0 Å². The predicted octanol–water partition coefficient (Wildman–Crippen LogP) is 3.49. The van der Waals surface area contributed by atoms with E-state index in [4.69, 9.17) is 32.7 Å². The maximum absolute atomic E-state index is 12.1. The minimum absolute atomic E-state index is 0.293. The van der Waals surface area contributed by atoms with Crippen molar-refractivity contribution in [2.45, 2.75) is 0 Å². The van der Waals surface area contributed by atoms with E-state index in [2.05, 4.69) is 10.9 Å². The van der Waals surface area contributed by atoms with Crippen LogP contribution >= 0.6 is 23.2 Å². The molecule has 0 aliphatic heterocycles. The van der Waals surface area contributed by atoms with Crippen molar-refractivity contribution in [1.29, 1.82) is 0 Å². The Balaban J connectivity index is 1.99. The van der Waals surface area contributed by atoms with Crippen molar-refractivity contribution in [3.63, 3.8) is 0 Å². The van der Waals surface area contributed by atoms with Crippen molar-refractivity contribution >= 4 is 41.1 Å². The van der Waals surface area contributed by atoms with Gasteiger partial charge in [0.1, 0.15) is 0 Å². The third-order valence-electron chi connectivity index (χ3n) is 3.35. The van der Waals surface area contributed by atoms with Crippen LogP contribution in [0.2, 0.25) is 10.0 Å². The minimum atomic E-state index is -0.546. The standard InChI is InChI=1S/C18H16Cl2N2O4/c1-25-15-8-6-11(10-16(15)26-2)18(24)22-21-17(23)9-7-12-13(19)4-3-5-14(12)20/h3-10H,1-2H3,(H,21,23)(H,22,24)/b9-7+. The van der Waals surface area contributed by atoms with Gasteiger partial charge in [-0.25, -0.2) is 0 Å². The number of amides is 2. The fourth-order valence-corrected chi connectivity index (χ4v) is 2.56. The van der Waals surface area contributed by atoms with Gasteiger partial charge in [0.05, 0.1) is 14.2 Å². The van der Waals surface area contributed by atoms with Gasteiger partial charge in [-0.15, -0.1) is 0 Å². The van der Waals surface area contributed by atoms with E-state index in [1.165, 1.54) is 32.4 Å². The molecule has 0 radical (unpaired) electrons. The number of rotatable bonds is 5. The molecule has 0 atom stereocenters. The van der Waals surface area contributed by atoms with Crippen LogP contribution in [0.4, 0.5) is 0 Å². The van der Waals surface area contributed by atoms with E-state index in [0.29, 0.717) is 32.7 Å². The van der Waals surface area contributed by atoms with Gasteiger partial charge in [-0.1, -0.05) is 29.3 Å². The molecule has 0 aromatic heterocycles. The average Bonchev–Trinajstić information content (AvgIpc) is 2.65. The summed E-state index contributed by atoms with van der Waals surface area (Å²) in [5.41, 5.74) is 5.38. The normalized spacial score (nSPS) is 10.5. The number of benzene rings is 2. The van der Waals surface area contributed by atoms with Gasteiger partial charge in [0, 0.05) is 27.2 Å². The Morgan fingerprint density at radius 1 is 0.962 bits per heavy atom. The van der Waals surface area contributed by atoms with Crippen molar-refractivity contribution in [3.8, 4) is 11.5 Å². The second kappa shape index (κ2) is 9.12. The lowest BCUT2D eigenvalue weighted by molar-refractivity contribution is -0.117. The summed E-state index contributed by atoms with van der Waals surface area (Å²) in [6.45, 7) is 0. The van der Waals surface area contributed by atoms with Crippen LogP contribution in [0.5, 0.6) is 11.5 Å². The van der Waals surface area contributed by atoms with Crippen LogP contribution in [0.15, 0.2) is 42.5 Å². The van der Waals surface area contributed by atoms with Crippen LogP contribution < -0.4 is 20.3 Å². The molecule has 0 fully saturated rings. The number of hydrazine groups is 1. The summed E-state index contributed by atoms with van der Waals surface area (Å²) in [5, 5.41) is 0.826. The van der Waals surface area contributed by atoms with Crippen LogP contribution in [0, 0.1) is 0 Å². The molecule has 26 heavy (non-hydrogen) atoms. The van der Waals surface area contributed by atoms with Gasteiger partial charge >= 0.3 is 0 Å². The molecule has 0 aliphatic rings. The average molecular weight is 395 g/mol. The summed E-state index contributed by atoms with van der Waals surface area (Å²) in [6, 6.07) is 9.65. The topological polar surface area (TPSA) is 76.7 Å². The molecule has 0 spiro atoms. The molecule has 0 aliphatic carbocycles. The molecule has 0 saturated heterocycles. The number of carbonyl (C=O) groups is 2. The molecule has 0 saturated carbocycles. The Labute approximate surface area is 160 Å². The molecule has 2 rings (SSSR count). The van der Waals surface area contributed by atoms with Crippen molar-refractivity contribution in [3.05, 3.63) is 63.6 Å². The second-order valence-corrected chi connectivity index (χ2v) is 5.80. The third-order valence-corrected chi connectivity index (χ3v) is 4.01. The highest BCUT2D eigenvalue weighted by Gasteiger charge is 2.11. The molecular formula is C18H16Cl2N2O4. The van der Waals surface area contributed by atoms with Crippen LogP contribution in [0.1, 0.15) is 15.9 Å². The first-order chi connectivity index (χ1) is 12.5. The van der Waals surface area contributed by atoms with Crippen LogP contribution in [0.25, 0.3) is 6.08 Å². The first-order valence-electron chi connectivity index (χ1n) is 7.40. The summed E-state index contributed by atoms with van der Waals surface area (Å²) in [6.07, 6.45) is 2.67. The van der Waals surface area contributed by atoms with E-state index in [0.717, 1.165) is 0 Å². The SMILES string of the molecule is COc1ccc(C(=O)NNC(=O)/C=C/c2c(Cl)cccc2Cl)cc1OC. The van der Waals surface area contributed by atoms with Crippen LogP contribution in [0.3, 0.4) is 0 Å². The maximum atomic E-state index is 12.1. The second-order valence-electron chi connectivity index (χ2n) is 4.98. The molecule has 2 aromatic carbocycles. The molecule has 6 nitrogen and oxygen atoms in total. The van der Waals surface area contributed by atoms with Crippen LogP contribution in [-0.4, -0.2) is 26.0 Å². The van der Waals surface area contributed by atoms with Crippen molar-refractivity contribution in [2.24, 2.45) is 0 Å². The highest BCUT2D eigenvalue weighted by molar-refractivity contribution is 6.37. The van der Waals surface area contributed by atoms with Gasteiger partial charge in [-0.2, -0.15) is 0 Å². The third kappa shape index (κ3) is 4.91. The molecule has 0 unspecified atom stereocenters. The highest BCUT2D eigenvalue weighted by Crippen LogP contribution is 2.27. The maximum Gasteiger partial charge on any atom is 0.269 e. The molecule has 2 N–H and O–H groups in total. The highest BCUT2D eigenvalue weighted by atomic mass is 35.5. The Hall–Kier alpha value is -2.70. The van der Waals surface area contributed by atoms with Gasteiger partial charge < -0.3 is 9.47 Å². The number of hydrogen-bond donors (Lipinski definition) is 2. The van der Waals surface area contributed by atoms with E-state index in [9.17, 15) is 9.59 Å². The summed E-state index contributed by atoms with van der Waals surface area (Å²) in [7, 11) is 2.96. The lowest BCUT2D eigenvalue weighted by Gasteiger charge is -2.10. The van der Waals surface area contributed by atoms with Crippen molar-refractivity contribution < 1.29 is 19.1 Å². The lowest BCUT2D eigenvalue weighted by atomic mass is 10.2. The zero-order valence-electron chi connectivity index (χ0n) is 14.0. The van der Waals surface area contributed by atoms with Gasteiger partial charge in [0.15, 0.2) is 11.5 Å². The van der Waals surface area contributed by atoms with Crippen molar-refractivity contribution in [1.82, 2.24) is 10.9 Å². The summed E-state index contributed by atoms with van der Waals surface area (Å²) in [5.74, 6) is -0.161. The number of ether oxygens (including phenoxy) is 2. The monoisotopic (exact) mass is 394 g/mol. The number of carbonyl (C=O) groups excluding carboxylic acids is 2. The molecule has 8 heteroatoms. The zero-order chi connectivity index (χ0) is 19.1. The molecule has 0 heterocycles. The van der Waals surface area contributed by atoms with Crippen LogP contribution in [-0.2, 0) is 4.79 Å². The number of nitrogens with one attached hydrogen (secondary N) is 2. The molecule has 2 amide bonds. The summed E-state index contributed by atoms with van der Waals surface area (Å²) >= 11 is 12.0. The van der Waals surface area contributed by atoms with Gasteiger partial charge in [0.25, 0.3) is 11.8 Å². The Morgan fingerprint density at radius 2 is 1.62 bits per heavy atom. The fraction of sp³-hybridized carbons (Fsp3) is 0.111. The van der Waals surface area contributed by atoms with E-state index < -0.39 is 11.8 Å². The minimum Gasteiger partial charge on any atom is -0.493 e. The quantitative estimate of drug-likeness (QED) is 0.600. The largest absolute Gasteiger partial charge is 0.493 e. The zero-order valence-corrected chi connectivity index (χ0v) is 15.5. The van der Waals surface area contributed by atoms with Gasteiger partial charge in [-0.3, -0.25) is 20.4 Å². The Bertz CT molecular complexity index is 833. The molecule has 2 aromatic rings. The number of halogens is 2. The van der Waals surface area contributed by atoms with E-state index in [1.807, 2.05) is 0 Å².